The van der Waals surface area contributed by atoms with Gasteiger partial charge in [0.25, 0.3) is 5.69 Å². The molecule has 0 aliphatic heterocycles. The van der Waals surface area contributed by atoms with E-state index >= 15 is 0 Å². The summed E-state index contributed by atoms with van der Waals surface area (Å²) in [5.41, 5.74) is -2.20. The van der Waals surface area contributed by atoms with Crippen LogP contribution in [0.25, 0.3) is 0 Å². The van der Waals surface area contributed by atoms with Crippen molar-refractivity contribution in [1.29, 1.82) is 0 Å². The van der Waals surface area contributed by atoms with E-state index in [4.69, 9.17) is 0 Å². The number of rotatable bonds is 5. The number of nitro groups is 1. The summed E-state index contributed by atoms with van der Waals surface area (Å²) in [6.07, 6.45) is -3.38. The summed E-state index contributed by atoms with van der Waals surface area (Å²) in [4.78, 5) is 21.2. The Morgan fingerprint density at radius 3 is 2.55 bits per heavy atom. The molecule has 0 aromatic heterocycles. The van der Waals surface area contributed by atoms with E-state index in [-0.39, 0.29) is 6.42 Å². The second-order valence-electron chi connectivity index (χ2n) is 4.14. The first kappa shape index (κ1) is 15.9. The standard InChI is InChI=1S/C12H13F3N2O3/c1-2-3-4-11(18)16-10-7-8(17(19)20)5-6-9(10)12(13,14)15/h5-7H,2-4H2,1H3,(H,16,18). The van der Waals surface area contributed by atoms with Gasteiger partial charge in [-0.25, -0.2) is 0 Å². The highest BCUT2D eigenvalue weighted by Crippen LogP contribution is 2.36. The van der Waals surface area contributed by atoms with Gasteiger partial charge in [-0.3, -0.25) is 14.9 Å². The van der Waals surface area contributed by atoms with E-state index < -0.39 is 33.9 Å². The molecule has 0 aliphatic rings. The lowest BCUT2D eigenvalue weighted by Crippen LogP contribution is -2.16. The third kappa shape index (κ3) is 4.22. The summed E-state index contributed by atoms with van der Waals surface area (Å²) < 4.78 is 38.3. The summed E-state index contributed by atoms with van der Waals surface area (Å²) in [5, 5.41) is 12.7. The highest BCUT2D eigenvalue weighted by molar-refractivity contribution is 5.92. The van der Waals surface area contributed by atoms with Crippen molar-refractivity contribution in [3.05, 3.63) is 33.9 Å². The van der Waals surface area contributed by atoms with Gasteiger partial charge < -0.3 is 5.32 Å². The molecule has 1 aromatic rings. The number of alkyl halides is 3. The van der Waals surface area contributed by atoms with E-state index in [2.05, 4.69) is 5.32 Å². The van der Waals surface area contributed by atoms with Gasteiger partial charge in [0.1, 0.15) is 0 Å². The van der Waals surface area contributed by atoms with Gasteiger partial charge >= 0.3 is 6.18 Å². The first-order valence-corrected chi connectivity index (χ1v) is 5.91. The molecule has 0 saturated carbocycles. The van der Waals surface area contributed by atoms with Gasteiger partial charge in [-0.1, -0.05) is 13.3 Å². The Hall–Kier alpha value is -2.12. The fraction of sp³-hybridized carbons (Fsp3) is 0.417. The predicted molar refractivity (Wildman–Crippen MR) is 66.3 cm³/mol. The number of amides is 1. The molecule has 0 spiro atoms. The number of benzene rings is 1. The maximum atomic E-state index is 12.8. The molecule has 1 amide bonds. The Kier molecular flexibility index (Phi) is 5.06. The van der Waals surface area contributed by atoms with Gasteiger partial charge in [-0.15, -0.1) is 0 Å². The van der Waals surface area contributed by atoms with Crippen molar-refractivity contribution < 1.29 is 22.9 Å². The van der Waals surface area contributed by atoms with Crippen LogP contribution >= 0.6 is 0 Å². The maximum absolute atomic E-state index is 12.8. The Morgan fingerprint density at radius 2 is 2.05 bits per heavy atom. The minimum Gasteiger partial charge on any atom is -0.325 e. The number of nitro benzene ring substituents is 1. The van der Waals surface area contributed by atoms with Crippen molar-refractivity contribution >= 4 is 17.3 Å². The molecular weight excluding hydrogens is 277 g/mol. The molecule has 1 N–H and O–H groups in total. The van der Waals surface area contributed by atoms with E-state index in [1.54, 1.807) is 0 Å². The molecule has 1 rings (SSSR count). The summed E-state index contributed by atoms with van der Waals surface area (Å²) in [6.45, 7) is 1.84. The molecule has 20 heavy (non-hydrogen) atoms. The molecule has 0 radical (unpaired) electrons. The van der Waals surface area contributed by atoms with Crippen LogP contribution in [0.2, 0.25) is 0 Å². The van der Waals surface area contributed by atoms with E-state index in [1.807, 2.05) is 6.92 Å². The molecule has 0 saturated heterocycles. The quantitative estimate of drug-likeness (QED) is 0.663. The van der Waals surface area contributed by atoms with Crippen molar-refractivity contribution in [2.45, 2.75) is 32.4 Å². The van der Waals surface area contributed by atoms with Crippen LogP contribution in [0.5, 0.6) is 0 Å². The average Bonchev–Trinajstić information content (AvgIpc) is 2.34. The third-order valence-corrected chi connectivity index (χ3v) is 2.55. The molecule has 1 aromatic carbocycles. The molecule has 5 nitrogen and oxygen atoms in total. The molecule has 0 fully saturated rings. The zero-order chi connectivity index (χ0) is 15.3. The molecule has 0 bridgehead atoms. The molecule has 0 aliphatic carbocycles. The Balaban J connectivity index is 3.09. The fourth-order valence-corrected chi connectivity index (χ4v) is 1.55. The zero-order valence-electron chi connectivity index (χ0n) is 10.7. The molecule has 0 heterocycles. The van der Waals surface area contributed by atoms with Crippen molar-refractivity contribution in [2.24, 2.45) is 0 Å². The normalized spacial score (nSPS) is 11.2. The number of carbonyl (C=O) groups excluding carboxylic acids is 1. The van der Waals surface area contributed by atoms with E-state index in [0.717, 1.165) is 6.07 Å². The van der Waals surface area contributed by atoms with Crippen LogP contribution in [0.4, 0.5) is 24.5 Å². The molecule has 8 heteroatoms. The van der Waals surface area contributed by atoms with Gasteiger partial charge in [0, 0.05) is 18.6 Å². The molecule has 110 valence electrons. The lowest BCUT2D eigenvalue weighted by Gasteiger charge is -2.13. The molecular formula is C12H13F3N2O3. The number of carbonyl (C=O) groups is 1. The third-order valence-electron chi connectivity index (χ3n) is 2.55. The van der Waals surface area contributed by atoms with Crippen LogP contribution < -0.4 is 5.32 Å². The van der Waals surface area contributed by atoms with E-state index in [9.17, 15) is 28.1 Å². The second kappa shape index (κ2) is 6.36. The highest BCUT2D eigenvalue weighted by Gasteiger charge is 2.34. The fourth-order valence-electron chi connectivity index (χ4n) is 1.55. The number of anilines is 1. The van der Waals surface area contributed by atoms with E-state index in [0.29, 0.717) is 25.0 Å². The van der Waals surface area contributed by atoms with Crippen LogP contribution in [0.15, 0.2) is 18.2 Å². The van der Waals surface area contributed by atoms with Gasteiger partial charge in [-0.05, 0) is 12.5 Å². The number of nitrogens with one attached hydrogen (secondary N) is 1. The van der Waals surface area contributed by atoms with E-state index in [1.165, 1.54) is 0 Å². The van der Waals surface area contributed by atoms with Crippen LogP contribution in [-0.2, 0) is 11.0 Å². The Morgan fingerprint density at radius 1 is 1.40 bits per heavy atom. The summed E-state index contributed by atoms with van der Waals surface area (Å²) >= 11 is 0. The SMILES string of the molecule is CCCCC(=O)Nc1cc([N+](=O)[O-])ccc1C(F)(F)F. The minimum absolute atomic E-state index is 0.0660. The first-order valence-electron chi connectivity index (χ1n) is 5.91. The smallest absolute Gasteiger partial charge is 0.325 e. The zero-order valence-corrected chi connectivity index (χ0v) is 10.7. The highest BCUT2D eigenvalue weighted by atomic mass is 19.4. The monoisotopic (exact) mass is 290 g/mol. The van der Waals surface area contributed by atoms with Crippen molar-refractivity contribution in [3.8, 4) is 0 Å². The Bertz CT molecular complexity index is 515. The molecule has 0 unspecified atom stereocenters. The van der Waals surface area contributed by atoms with Crippen LogP contribution in [0.1, 0.15) is 31.7 Å². The van der Waals surface area contributed by atoms with Crippen LogP contribution in [0.3, 0.4) is 0 Å². The van der Waals surface area contributed by atoms with Crippen molar-refractivity contribution in [1.82, 2.24) is 0 Å². The van der Waals surface area contributed by atoms with Gasteiger partial charge in [-0.2, -0.15) is 13.2 Å². The number of hydrogen-bond acceptors (Lipinski definition) is 3. The van der Waals surface area contributed by atoms with Crippen LogP contribution in [-0.4, -0.2) is 10.8 Å². The first-order chi connectivity index (χ1) is 9.25. The molecule has 0 atom stereocenters. The maximum Gasteiger partial charge on any atom is 0.418 e. The van der Waals surface area contributed by atoms with Crippen molar-refractivity contribution in [3.63, 3.8) is 0 Å². The van der Waals surface area contributed by atoms with Gasteiger partial charge in [0.2, 0.25) is 5.91 Å². The van der Waals surface area contributed by atoms with Gasteiger partial charge in [0.15, 0.2) is 0 Å². The summed E-state index contributed by atoms with van der Waals surface area (Å²) in [6, 6.07) is 2.06. The van der Waals surface area contributed by atoms with Gasteiger partial charge in [0.05, 0.1) is 16.2 Å². The number of nitrogens with zero attached hydrogens (tertiary/aromatic N) is 1. The largest absolute Gasteiger partial charge is 0.418 e. The van der Waals surface area contributed by atoms with Crippen molar-refractivity contribution in [2.75, 3.05) is 5.32 Å². The summed E-state index contributed by atoms with van der Waals surface area (Å²) in [7, 11) is 0. The van der Waals surface area contributed by atoms with Crippen LogP contribution in [0, 0.1) is 10.1 Å². The Labute approximate surface area is 112 Å². The summed E-state index contributed by atoms with van der Waals surface area (Å²) in [5.74, 6) is -0.599. The second-order valence-corrected chi connectivity index (χ2v) is 4.14. The predicted octanol–water partition coefficient (Wildman–Crippen LogP) is 3.74. The number of hydrogen-bond donors (Lipinski definition) is 1. The lowest BCUT2D eigenvalue weighted by molar-refractivity contribution is -0.384. The topological polar surface area (TPSA) is 72.2 Å². The lowest BCUT2D eigenvalue weighted by atomic mass is 10.1. The number of halogens is 3. The average molecular weight is 290 g/mol. The minimum atomic E-state index is -4.69. The number of unbranched alkanes of at least 4 members (excludes halogenated alkanes) is 1. The number of non-ortho nitro benzene ring substituents is 1.